The Labute approximate surface area is 88.6 Å². The lowest BCUT2D eigenvalue weighted by atomic mass is 10.3. The number of methoxy groups -OCH3 is 1. The van der Waals surface area contributed by atoms with E-state index in [4.69, 9.17) is 14.9 Å². The van der Waals surface area contributed by atoms with Crippen LogP contribution >= 0.6 is 0 Å². The normalized spacial score (nSPS) is 12.7. The molecule has 1 aromatic rings. The molecule has 1 aromatic heterocycles. The van der Waals surface area contributed by atoms with Crippen molar-refractivity contribution in [3.63, 3.8) is 0 Å². The van der Waals surface area contributed by atoms with Gasteiger partial charge in [0.2, 0.25) is 5.91 Å². The van der Waals surface area contributed by atoms with Crippen molar-refractivity contribution >= 4 is 5.91 Å². The molecule has 0 aromatic carbocycles. The molecule has 1 rings (SSSR count). The second-order valence-corrected chi connectivity index (χ2v) is 3.31. The van der Waals surface area contributed by atoms with Crippen molar-refractivity contribution in [2.24, 2.45) is 5.73 Å². The Bertz CT molecular complexity index is 322. The van der Waals surface area contributed by atoms with E-state index in [0.717, 1.165) is 11.5 Å². The zero-order valence-corrected chi connectivity index (χ0v) is 8.95. The van der Waals surface area contributed by atoms with Gasteiger partial charge in [-0.25, -0.2) is 0 Å². The highest BCUT2D eigenvalue weighted by atomic mass is 16.5. The second kappa shape index (κ2) is 5.53. The lowest BCUT2D eigenvalue weighted by Crippen LogP contribution is -2.38. The molecule has 1 atom stereocenters. The first-order chi connectivity index (χ1) is 7.13. The number of carbonyl (C=O) groups is 1. The van der Waals surface area contributed by atoms with Gasteiger partial charge in [0.1, 0.15) is 18.1 Å². The SMILES string of the molecule is COCc1ccc(CN[C@@H](C)C(N)=O)o1. The summed E-state index contributed by atoms with van der Waals surface area (Å²) < 4.78 is 10.3. The maximum absolute atomic E-state index is 10.7. The summed E-state index contributed by atoms with van der Waals surface area (Å²) in [5, 5.41) is 2.94. The van der Waals surface area contributed by atoms with Crippen LogP contribution in [0.15, 0.2) is 16.5 Å². The maximum Gasteiger partial charge on any atom is 0.234 e. The van der Waals surface area contributed by atoms with Crippen LogP contribution in [-0.4, -0.2) is 19.1 Å². The van der Waals surface area contributed by atoms with Crippen molar-refractivity contribution < 1.29 is 13.9 Å². The van der Waals surface area contributed by atoms with Gasteiger partial charge >= 0.3 is 0 Å². The van der Waals surface area contributed by atoms with Crippen molar-refractivity contribution in [3.05, 3.63) is 23.7 Å². The molecule has 0 aliphatic rings. The van der Waals surface area contributed by atoms with Crippen LogP contribution in [0.1, 0.15) is 18.4 Å². The van der Waals surface area contributed by atoms with E-state index >= 15 is 0 Å². The van der Waals surface area contributed by atoms with Gasteiger partial charge in [0, 0.05) is 7.11 Å². The van der Waals surface area contributed by atoms with E-state index in [1.807, 2.05) is 12.1 Å². The van der Waals surface area contributed by atoms with Gasteiger partial charge in [0.05, 0.1) is 12.6 Å². The molecule has 0 unspecified atom stereocenters. The number of carbonyl (C=O) groups excluding carboxylic acids is 1. The van der Waals surface area contributed by atoms with Crippen molar-refractivity contribution in [1.82, 2.24) is 5.32 Å². The highest BCUT2D eigenvalue weighted by molar-refractivity contribution is 5.79. The minimum Gasteiger partial charge on any atom is -0.462 e. The molecule has 0 saturated heterocycles. The summed E-state index contributed by atoms with van der Waals surface area (Å²) in [6.45, 7) is 2.64. The molecule has 5 nitrogen and oxygen atoms in total. The van der Waals surface area contributed by atoms with E-state index in [1.165, 1.54) is 0 Å². The van der Waals surface area contributed by atoms with Crippen LogP contribution in [0.25, 0.3) is 0 Å². The Morgan fingerprint density at radius 3 is 2.87 bits per heavy atom. The van der Waals surface area contributed by atoms with Crippen LogP contribution in [-0.2, 0) is 22.7 Å². The molecule has 0 aliphatic heterocycles. The summed E-state index contributed by atoms with van der Waals surface area (Å²) in [6.07, 6.45) is 0. The standard InChI is InChI=1S/C10H16N2O3/c1-7(10(11)13)12-5-8-3-4-9(15-8)6-14-2/h3-4,7,12H,5-6H2,1-2H3,(H2,11,13)/t7-/m0/s1. The zero-order chi connectivity index (χ0) is 11.3. The zero-order valence-electron chi connectivity index (χ0n) is 8.95. The minimum absolute atomic E-state index is 0.360. The summed E-state index contributed by atoms with van der Waals surface area (Å²) in [5.41, 5.74) is 5.10. The topological polar surface area (TPSA) is 77.5 Å². The van der Waals surface area contributed by atoms with E-state index in [0.29, 0.717) is 13.2 Å². The fourth-order valence-electron chi connectivity index (χ4n) is 1.09. The molecule has 0 radical (unpaired) electrons. The summed E-state index contributed by atoms with van der Waals surface area (Å²) in [5.74, 6) is 1.15. The lowest BCUT2D eigenvalue weighted by Gasteiger charge is -2.07. The predicted molar refractivity (Wildman–Crippen MR) is 54.9 cm³/mol. The Hall–Kier alpha value is -1.33. The Kier molecular flexibility index (Phi) is 4.33. The number of nitrogens with one attached hydrogen (secondary N) is 1. The van der Waals surface area contributed by atoms with Crippen LogP contribution < -0.4 is 11.1 Å². The van der Waals surface area contributed by atoms with Gasteiger partial charge < -0.3 is 14.9 Å². The van der Waals surface area contributed by atoms with Crippen LogP contribution in [0.5, 0.6) is 0 Å². The van der Waals surface area contributed by atoms with Gasteiger partial charge in [-0.1, -0.05) is 0 Å². The number of rotatable bonds is 6. The molecule has 0 aliphatic carbocycles. The average Bonchev–Trinajstić information content (AvgIpc) is 2.62. The first kappa shape index (κ1) is 11.7. The number of primary amides is 1. The van der Waals surface area contributed by atoms with E-state index in [1.54, 1.807) is 14.0 Å². The fraction of sp³-hybridized carbons (Fsp3) is 0.500. The van der Waals surface area contributed by atoms with Gasteiger partial charge in [-0.05, 0) is 19.1 Å². The van der Waals surface area contributed by atoms with Crippen LogP contribution in [0.4, 0.5) is 0 Å². The molecule has 0 fully saturated rings. The average molecular weight is 212 g/mol. The predicted octanol–water partition coefficient (Wildman–Crippen LogP) is 0.389. The number of hydrogen-bond acceptors (Lipinski definition) is 4. The van der Waals surface area contributed by atoms with Gasteiger partial charge in [-0.2, -0.15) is 0 Å². The Morgan fingerprint density at radius 2 is 2.27 bits per heavy atom. The maximum atomic E-state index is 10.7. The van der Waals surface area contributed by atoms with Crippen molar-refractivity contribution in [3.8, 4) is 0 Å². The van der Waals surface area contributed by atoms with E-state index in [-0.39, 0.29) is 11.9 Å². The van der Waals surface area contributed by atoms with Crippen molar-refractivity contribution in [2.45, 2.75) is 26.1 Å². The molecule has 0 bridgehead atoms. The van der Waals surface area contributed by atoms with Crippen LogP contribution in [0, 0.1) is 0 Å². The quantitative estimate of drug-likeness (QED) is 0.715. The Morgan fingerprint density at radius 1 is 1.60 bits per heavy atom. The van der Waals surface area contributed by atoms with Crippen LogP contribution in [0.2, 0.25) is 0 Å². The number of amides is 1. The largest absolute Gasteiger partial charge is 0.462 e. The molecule has 15 heavy (non-hydrogen) atoms. The number of nitrogens with two attached hydrogens (primary N) is 1. The Balaban J connectivity index is 2.40. The van der Waals surface area contributed by atoms with Gasteiger partial charge in [-0.3, -0.25) is 10.1 Å². The molecule has 0 saturated carbocycles. The smallest absolute Gasteiger partial charge is 0.234 e. The first-order valence-corrected chi connectivity index (χ1v) is 4.72. The van der Waals surface area contributed by atoms with E-state index in [2.05, 4.69) is 5.32 Å². The highest BCUT2D eigenvalue weighted by Gasteiger charge is 2.08. The fourth-order valence-corrected chi connectivity index (χ4v) is 1.09. The van der Waals surface area contributed by atoms with Crippen LogP contribution in [0.3, 0.4) is 0 Å². The summed E-state index contributed by atoms with van der Waals surface area (Å²) >= 11 is 0. The monoisotopic (exact) mass is 212 g/mol. The molecular weight excluding hydrogens is 196 g/mol. The highest BCUT2D eigenvalue weighted by Crippen LogP contribution is 2.08. The molecule has 84 valence electrons. The third-order valence-corrected chi connectivity index (χ3v) is 2.01. The summed E-state index contributed by atoms with van der Waals surface area (Å²) in [4.78, 5) is 10.7. The lowest BCUT2D eigenvalue weighted by molar-refractivity contribution is -0.119. The second-order valence-electron chi connectivity index (χ2n) is 3.31. The third-order valence-electron chi connectivity index (χ3n) is 2.01. The van der Waals surface area contributed by atoms with E-state index in [9.17, 15) is 4.79 Å². The molecule has 3 N–H and O–H groups in total. The molecule has 1 heterocycles. The minimum atomic E-state index is -0.376. The number of furan rings is 1. The number of ether oxygens (including phenoxy) is 1. The first-order valence-electron chi connectivity index (χ1n) is 4.72. The van der Waals surface area contributed by atoms with Crippen molar-refractivity contribution in [2.75, 3.05) is 7.11 Å². The molecule has 0 spiro atoms. The van der Waals surface area contributed by atoms with E-state index < -0.39 is 0 Å². The summed E-state index contributed by atoms with van der Waals surface area (Å²) in [7, 11) is 1.61. The number of hydrogen-bond donors (Lipinski definition) is 2. The summed E-state index contributed by atoms with van der Waals surface area (Å²) in [6, 6.07) is 3.32. The van der Waals surface area contributed by atoms with Gasteiger partial charge in [0.25, 0.3) is 0 Å². The molecule has 5 heteroatoms. The third kappa shape index (κ3) is 3.73. The van der Waals surface area contributed by atoms with Crippen molar-refractivity contribution in [1.29, 1.82) is 0 Å². The molecular formula is C10H16N2O3. The van der Waals surface area contributed by atoms with Gasteiger partial charge in [0.15, 0.2) is 0 Å². The van der Waals surface area contributed by atoms with Gasteiger partial charge in [-0.15, -0.1) is 0 Å². The molecule has 1 amide bonds.